The number of primary amides is 1. The lowest BCUT2D eigenvalue weighted by atomic mass is 10.1. The van der Waals surface area contributed by atoms with Crippen LogP contribution < -0.4 is 5.73 Å². The summed E-state index contributed by atoms with van der Waals surface area (Å²) < 4.78 is 26.4. The van der Waals surface area contributed by atoms with Crippen LogP contribution in [0.2, 0.25) is 0 Å². The maximum Gasteiger partial charge on any atom is 0.328 e. The quantitative estimate of drug-likeness (QED) is 0.892. The predicted molar refractivity (Wildman–Crippen MR) is 52.0 cm³/mol. The van der Waals surface area contributed by atoms with Crippen LogP contribution in [0.15, 0.2) is 28.7 Å². The number of rotatable bonds is 3. The van der Waals surface area contributed by atoms with Crippen molar-refractivity contribution in [2.75, 3.05) is 0 Å². The molecule has 0 radical (unpaired) electrons. The van der Waals surface area contributed by atoms with Crippen molar-refractivity contribution in [3.63, 3.8) is 0 Å². The first-order valence-corrected chi connectivity index (χ1v) is 4.64. The first-order chi connectivity index (χ1) is 6.43. The van der Waals surface area contributed by atoms with Crippen LogP contribution in [0.25, 0.3) is 0 Å². The largest absolute Gasteiger partial charge is 0.364 e. The van der Waals surface area contributed by atoms with Crippen LogP contribution >= 0.6 is 15.9 Å². The van der Waals surface area contributed by atoms with E-state index in [2.05, 4.69) is 21.7 Å². The van der Waals surface area contributed by atoms with Gasteiger partial charge in [0.2, 0.25) is 0 Å². The van der Waals surface area contributed by atoms with Crippen molar-refractivity contribution in [2.24, 2.45) is 5.73 Å². The maximum atomic E-state index is 12.9. The number of nitrogens with two attached hydrogens (primary N) is 1. The van der Waals surface area contributed by atoms with E-state index < -0.39 is 18.3 Å². The van der Waals surface area contributed by atoms with Gasteiger partial charge in [0, 0.05) is 10.9 Å². The summed E-state index contributed by atoms with van der Waals surface area (Å²) >= 11 is 3.11. The van der Waals surface area contributed by atoms with Crippen molar-refractivity contribution < 1.29 is 13.6 Å². The molecule has 1 rings (SSSR count). The van der Waals surface area contributed by atoms with E-state index in [9.17, 15) is 13.6 Å². The summed E-state index contributed by atoms with van der Waals surface area (Å²) in [4.78, 5) is 10.4. The Bertz CT molecular complexity index is 354. The fraction of sp³-hybridized carbons (Fsp3) is 0.222. The molecule has 76 valence electrons. The lowest BCUT2D eigenvalue weighted by molar-refractivity contribution is -0.141. The molecule has 0 heterocycles. The smallest absolute Gasteiger partial charge is 0.328 e. The Hall–Kier alpha value is -0.970. The second-order valence-electron chi connectivity index (χ2n) is 2.84. The van der Waals surface area contributed by atoms with Gasteiger partial charge in [0.15, 0.2) is 0 Å². The zero-order chi connectivity index (χ0) is 10.8. The van der Waals surface area contributed by atoms with E-state index >= 15 is 0 Å². The molecule has 0 aromatic heterocycles. The van der Waals surface area contributed by atoms with Crippen molar-refractivity contribution in [2.45, 2.75) is 12.3 Å². The molecule has 0 aliphatic rings. The highest BCUT2D eigenvalue weighted by atomic mass is 79.9. The molecule has 2 N–H and O–H groups in total. The highest BCUT2D eigenvalue weighted by molar-refractivity contribution is 9.10. The SMILES string of the molecule is NC(=O)C(F)(F)Cc1ccccc1Br. The van der Waals surface area contributed by atoms with Gasteiger partial charge in [-0.25, -0.2) is 0 Å². The number of hydrogen-bond donors (Lipinski definition) is 1. The average Bonchev–Trinajstić information content (AvgIpc) is 2.08. The van der Waals surface area contributed by atoms with Gasteiger partial charge >= 0.3 is 5.92 Å². The molecule has 0 bridgehead atoms. The molecular weight excluding hydrogens is 256 g/mol. The molecule has 1 aromatic carbocycles. The summed E-state index contributed by atoms with van der Waals surface area (Å²) in [5, 5.41) is 0. The monoisotopic (exact) mass is 263 g/mol. The van der Waals surface area contributed by atoms with Crippen LogP contribution in [-0.4, -0.2) is 11.8 Å². The van der Waals surface area contributed by atoms with E-state index in [1.54, 1.807) is 18.2 Å². The minimum Gasteiger partial charge on any atom is -0.364 e. The Kier molecular flexibility index (Phi) is 3.21. The van der Waals surface area contributed by atoms with Gasteiger partial charge in [0.05, 0.1) is 0 Å². The molecular formula is C9H8BrF2NO. The summed E-state index contributed by atoms with van der Waals surface area (Å²) in [6.07, 6.45) is -0.677. The third kappa shape index (κ3) is 2.51. The second-order valence-corrected chi connectivity index (χ2v) is 3.69. The minimum atomic E-state index is -3.50. The lowest BCUT2D eigenvalue weighted by Crippen LogP contribution is -2.37. The molecule has 0 saturated carbocycles. The fourth-order valence-corrected chi connectivity index (χ4v) is 1.39. The first kappa shape index (κ1) is 11.1. The Morgan fingerprint density at radius 2 is 2.00 bits per heavy atom. The Morgan fingerprint density at radius 3 is 2.50 bits per heavy atom. The maximum absolute atomic E-state index is 12.9. The molecule has 0 atom stereocenters. The van der Waals surface area contributed by atoms with Crippen LogP contribution in [0, 0.1) is 0 Å². The van der Waals surface area contributed by atoms with E-state index in [0.717, 1.165) is 0 Å². The third-order valence-electron chi connectivity index (χ3n) is 1.73. The Morgan fingerprint density at radius 1 is 1.43 bits per heavy atom. The molecule has 0 saturated heterocycles. The van der Waals surface area contributed by atoms with Gasteiger partial charge in [0.25, 0.3) is 5.91 Å². The molecule has 0 spiro atoms. The highest BCUT2D eigenvalue weighted by Gasteiger charge is 2.36. The minimum absolute atomic E-state index is 0.358. The number of benzene rings is 1. The molecule has 14 heavy (non-hydrogen) atoms. The Balaban J connectivity index is 2.89. The lowest BCUT2D eigenvalue weighted by Gasteiger charge is -2.12. The molecule has 0 fully saturated rings. The zero-order valence-corrected chi connectivity index (χ0v) is 8.72. The van der Waals surface area contributed by atoms with Gasteiger partial charge in [-0.3, -0.25) is 4.79 Å². The van der Waals surface area contributed by atoms with E-state index in [1.807, 2.05) is 0 Å². The number of carbonyl (C=O) groups excluding carboxylic acids is 1. The van der Waals surface area contributed by atoms with Crippen molar-refractivity contribution >= 4 is 21.8 Å². The van der Waals surface area contributed by atoms with Crippen LogP contribution in [0.1, 0.15) is 5.56 Å². The molecule has 5 heteroatoms. The molecule has 1 amide bonds. The third-order valence-corrected chi connectivity index (χ3v) is 2.50. The predicted octanol–water partition coefficient (Wildman–Crippen LogP) is 2.11. The topological polar surface area (TPSA) is 43.1 Å². The van der Waals surface area contributed by atoms with E-state index in [-0.39, 0.29) is 0 Å². The van der Waals surface area contributed by atoms with Gasteiger partial charge in [-0.15, -0.1) is 0 Å². The summed E-state index contributed by atoms with van der Waals surface area (Å²) in [5.41, 5.74) is 4.92. The Labute approximate surface area is 88.2 Å². The number of hydrogen-bond acceptors (Lipinski definition) is 1. The summed E-state index contributed by atoms with van der Waals surface area (Å²) in [7, 11) is 0. The fourth-order valence-electron chi connectivity index (χ4n) is 0.968. The molecule has 1 aromatic rings. The van der Waals surface area contributed by atoms with Crippen LogP contribution in [0.3, 0.4) is 0 Å². The number of halogens is 3. The first-order valence-electron chi connectivity index (χ1n) is 3.84. The molecule has 0 aliphatic carbocycles. The normalized spacial score (nSPS) is 11.4. The van der Waals surface area contributed by atoms with E-state index in [0.29, 0.717) is 10.0 Å². The van der Waals surface area contributed by atoms with E-state index in [1.165, 1.54) is 6.07 Å². The summed E-state index contributed by atoms with van der Waals surface area (Å²) in [5.74, 6) is -5.10. The van der Waals surface area contributed by atoms with Crippen molar-refractivity contribution in [3.05, 3.63) is 34.3 Å². The second kappa shape index (κ2) is 4.04. The number of alkyl halides is 2. The van der Waals surface area contributed by atoms with Crippen molar-refractivity contribution in [1.29, 1.82) is 0 Å². The van der Waals surface area contributed by atoms with Gasteiger partial charge in [-0.2, -0.15) is 8.78 Å². The highest BCUT2D eigenvalue weighted by Crippen LogP contribution is 2.24. The molecule has 0 aliphatic heterocycles. The van der Waals surface area contributed by atoms with E-state index in [4.69, 9.17) is 0 Å². The van der Waals surface area contributed by atoms with Crippen LogP contribution in [0.5, 0.6) is 0 Å². The average molecular weight is 264 g/mol. The van der Waals surface area contributed by atoms with Gasteiger partial charge in [-0.1, -0.05) is 34.1 Å². The van der Waals surface area contributed by atoms with Crippen LogP contribution in [-0.2, 0) is 11.2 Å². The van der Waals surface area contributed by atoms with Gasteiger partial charge in [0.1, 0.15) is 0 Å². The van der Waals surface area contributed by atoms with Crippen LogP contribution in [0.4, 0.5) is 8.78 Å². The summed E-state index contributed by atoms with van der Waals surface area (Å²) in [6, 6.07) is 6.47. The van der Waals surface area contributed by atoms with Crippen molar-refractivity contribution in [3.8, 4) is 0 Å². The number of carbonyl (C=O) groups is 1. The number of amides is 1. The van der Waals surface area contributed by atoms with Gasteiger partial charge in [-0.05, 0) is 11.6 Å². The standard InChI is InChI=1S/C9H8BrF2NO/c10-7-4-2-1-3-6(7)5-9(11,12)8(13)14/h1-4H,5H2,(H2,13,14). The summed E-state index contributed by atoms with van der Waals surface area (Å²) in [6.45, 7) is 0. The van der Waals surface area contributed by atoms with Crippen molar-refractivity contribution in [1.82, 2.24) is 0 Å². The molecule has 2 nitrogen and oxygen atoms in total. The molecule has 0 unspecified atom stereocenters. The zero-order valence-electron chi connectivity index (χ0n) is 7.14. The van der Waals surface area contributed by atoms with Gasteiger partial charge < -0.3 is 5.73 Å².